The van der Waals surface area contributed by atoms with Crippen LogP contribution in [0.4, 0.5) is 13.2 Å². The van der Waals surface area contributed by atoms with Gasteiger partial charge in [0, 0.05) is 43.9 Å². The number of amides is 1. The lowest BCUT2D eigenvalue weighted by atomic mass is 9.65. The Morgan fingerprint density at radius 2 is 1.81 bits per heavy atom. The van der Waals surface area contributed by atoms with Gasteiger partial charge in [-0.15, -0.1) is 0 Å². The summed E-state index contributed by atoms with van der Waals surface area (Å²) in [5.74, 6) is -2.51. The Morgan fingerprint density at radius 3 is 2.32 bits per heavy atom. The fraction of sp³-hybridized carbons (Fsp3) is 0.538. The van der Waals surface area contributed by atoms with Crippen LogP contribution in [-0.4, -0.2) is 59.5 Å². The van der Waals surface area contributed by atoms with Crippen LogP contribution in [0.1, 0.15) is 50.3 Å². The normalized spacial score (nSPS) is 17.9. The highest BCUT2D eigenvalue weighted by Crippen LogP contribution is 2.49. The fourth-order valence-corrected chi connectivity index (χ4v) is 5.22. The molecule has 1 aliphatic heterocycles. The molecule has 1 unspecified atom stereocenters. The van der Waals surface area contributed by atoms with Crippen LogP contribution in [0, 0.1) is 16.7 Å². The van der Waals surface area contributed by atoms with Gasteiger partial charge in [0.2, 0.25) is 0 Å². The SMILES string of the molecule is CCOC(=O)CC1(C(C#N)c2ccnn2CC)CCN(C(=O)[C@](OC)(c2ccccc2)C(F)(F)F)CC1. The van der Waals surface area contributed by atoms with Crippen LogP contribution in [0.5, 0.6) is 0 Å². The van der Waals surface area contributed by atoms with Gasteiger partial charge in [-0.1, -0.05) is 30.3 Å². The number of nitriles is 1. The van der Waals surface area contributed by atoms with Crippen LogP contribution < -0.4 is 0 Å². The van der Waals surface area contributed by atoms with E-state index in [9.17, 15) is 28.0 Å². The average molecular weight is 521 g/mol. The number of rotatable bonds is 9. The van der Waals surface area contributed by atoms with Crippen molar-refractivity contribution < 1.29 is 32.2 Å². The molecule has 2 atom stereocenters. The van der Waals surface area contributed by atoms with Gasteiger partial charge in [-0.25, -0.2) is 0 Å². The Bertz CT molecular complexity index is 1120. The maximum Gasteiger partial charge on any atom is 0.430 e. The molecule has 2 heterocycles. The Labute approximate surface area is 213 Å². The first kappa shape index (κ1) is 28.2. The molecule has 37 heavy (non-hydrogen) atoms. The van der Waals surface area contributed by atoms with Crippen molar-refractivity contribution in [1.82, 2.24) is 14.7 Å². The minimum Gasteiger partial charge on any atom is -0.466 e. The van der Waals surface area contributed by atoms with Crippen molar-refractivity contribution in [3.05, 3.63) is 53.9 Å². The van der Waals surface area contributed by atoms with Gasteiger partial charge in [-0.2, -0.15) is 23.5 Å². The van der Waals surface area contributed by atoms with E-state index >= 15 is 0 Å². The number of esters is 1. The third-order valence-electron chi connectivity index (χ3n) is 7.12. The van der Waals surface area contributed by atoms with Crippen LogP contribution >= 0.6 is 0 Å². The molecule has 0 saturated carbocycles. The molecule has 1 saturated heterocycles. The molecular formula is C26H31F3N4O4. The van der Waals surface area contributed by atoms with Gasteiger partial charge < -0.3 is 14.4 Å². The molecule has 1 aromatic heterocycles. The Kier molecular flexibility index (Phi) is 8.64. The molecule has 8 nitrogen and oxygen atoms in total. The number of aryl methyl sites for hydroxylation is 1. The molecule has 0 N–H and O–H groups in total. The van der Waals surface area contributed by atoms with Crippen LogP contribution in [0.2, 0.25) is 0 Å². The molecule has 0 bridgehead atoms. The summed E-state index contributed by atoms with van der Waals surface area (Å²) >= 11 is 0. The van der Waals surface area contributed by atoms with Gasteiger partial charge in [-0.05, 0) is 32.8 Å². The minimum absolute atomic E-state index is 0.0926. The second-order valence-electron chi connectivity index (χ2n) is 9.02. The highest BCUT2D eigenvalue weighted by molar-refractivity contribution is 5.88. The maximum absolute atomic E-state index is 14.4. The van der Waals surface area contributed by atoms with E-state index in [0.717, 1.165) is 12.0 Å². The summed E-state index contributed by atoms with van der Waals surface area (Å²) < 4.78 is 55.1. The van der Waals surface area contributed by atoms with Crippen molar-refractivity contribution in [2.45, 2.75) is 57.3 Å². The first-order chi connectivity index (χ1) is 17.6. The van der Waals surface area contributed by atoms with Gasteiger partial charge in [-0.3, -0.25) is 14.3 Å². The molecule has 0 aliphatic carbocycles. The fourth-order valence-electron chi connectivity index (χ4n) is 5.22. The van der Waals surface area contributed by atoms with Crippen molar-refractivity contribution in [3.63, 3.8) is 0 Å². The largest absolute Gasteiger partial charge is 0.466 e. The molecule has 1 aliphatic rings. The summed E-state index contributed by atoms with van der Waals surface area (Å²) in [6.07, 6.45) is -3.32. The first-order valence-corrected chi connectivity index (χ1v) is 12.1. The number of likely N-dealkylation sites (tertiary alicyclic amines) is 1. The maximum atomic E-state index is 14.4. The van der Waals surface area contributed by atoms with Crippen LogP contribution in [0.3, 0.4) is 0 Å². The van der Waals surface area contributed by atoms with Gasteiger partial charge in [0.15, 0.2) is 0 Å². The number of aromatic nitrogens is 2. The molecule has 1 aromatic carbocycles. The quantitative estimate of drug-likeness (QED) is 0.461. The highest BCUT2D eigenvalue weighted by Gasteiger charge is 2.64. The second-order valence-corrected chi connectivity index (χ2v) is 9.02. The van der Waals surface area contributed by atoms with Crippen molar-refractivity contribution in [1.29, 1.82) is 5.26 Å². The molecule has 0 spiro atoms. The van der Waals surface area contributed by atoms with Crippen molar-refractivity contribution in [3.8, 4) is 6.07 Å². The zero-order chi connectivity index (χ0) is 27.3. The third kappa shape index (κ3) is 5.21. The lowest BCUT2D eigenvalue weighted by molar-refractivity contribution is -0.271. The van der Waals surface area contributed by atoms with E-state index in [2.05, 4.69) is 11.2 Å². The lowest BCUT2D eigenvalue weighted by Crippen LogP contribution is -2.59. The summed E-state index contributed by atoms with van der Waals surface area (Å²) in [6, 6.07) is 10.8. The summed E-state index contributed by atoms with van der Waals surface area (Å²) in [7, 11) is 0.866. The number of hydrogen-bond donors (Lipinski definition) is 0. The summed E-state index contributed by atoms with van der Waals surface area (Å²) in [5.41, 5.74) is -3.84. The predicted molar refractivity (Wildman–Crippen MR) is 127 cm³/mol. The number of carbonyl (C=O) groups is 2. The molecule has 11 heteroatoms. The van der Waals surface area contributed by atoms with Gasteiger partial charge in [0.25, 0.3) is 11.5 Å². The second kappa shape index (κ2) is 11.3. The zero-order valence-electron chi connectivity index (χ0n) is 21.1. The van der Waals surface area contributed by atoms with Crippen molar-refractivity contribution >= 4 is 11.9 Å². The standard InChI is InChI=1S/C26H31F3N4O4/c1-4-33-21(11-14-31-33)20(18-30)24(17-22(34)37-5-2)12-15-32(16-13-24)23(35)25(36-3,26(27,28)29)19-9-7-6-8-10-19/h6-11,14,20H,4-5,12-13,15-17H2,1-3H3/t20?,25-/m1/s1. The topological polar surface area (TPSA) is 97.5 Å². The smallest absolute Gasteiger partial charge is 0.430 e. The molecule has 200 valence electrons. The molecular weight excluding hydrogens is 489 g/mol. The van der Waals surface area contributed by atoms with Crippen LogP contribution in [0.25, 0.3) is 0 Å². The van der Waals surface area contributed by atoms with Crippen molar-refractivity contribution in [2.75, 3.05) is 26.8 Å². The molecule has 1 amide bonds. The molecule has 0 radical (unpaired) electrons. The molecule has 2 aromatic rings. The van der Waals surface area contributed by atoms with Gasteiger partial charge in [0.1, 0.15) is 0 Å². The number of benzene rings is 1. The Morgan fingerprint density at radius 1 is 1.16 bits per heavy atom. The number of carbonyl (C=O) groups excluding carboxylic acids is 2. The third-order valence-corrected chi connectivity index (χ3v) is 7.12. The van der Waals surface area contributed by atoms with Crippen LogP contribution in [0.15, 0.2) is 42.6 Å². The number of alkyl halides is 3. The van der Waals surface area contributed by atoms with Crippen LogP contribution in [-0.2, 0) is 31.2 Å². The molecule has 3 rings (SSSR count). The van der Waals surface area contributed by atoms with E-state index < -0.39 is 35.0 Å². The van der Waals surface area contributed by atoms with E-state index in [0.29, 0.717) is 12.2 Å². The lowest BCUT2D eigenvalue weighted by Gasteiger charge is -2.46. The molecule has 1 fully saturated rings. The summed E-state index contributed by atoms with van der Waals surface area (Å²) in [4.78, 5) is 27.2. The van der Waals surface area contributed by atoms with E-state index in [-0.39, 0.29) is 44.5 Å². The number of ether oxygens (including phenoxy) is 2. The number of halogens is 3. The monoisotopic (exact) mass is 520 g/mol. The van der Waals surface area contributed by atoms with E-state index in [1.54, 1.807) is 29.9 Å². The number of piperidine rings is 1. The minimum atomic E-state index is -5.03. The number of hydrogen-bond acceptors (Lipinski definition) is 6. The number of methoxy groups -OCH3 is 1. The van der Waals surface area contributed by atoms with Gasteiger partial charge >= 0.3 is 12.1 Å². The van der Waals surface area contributed by atoms with E-state index in [1.807, 2.05) is 6.92 Å². The van der Waals surface area contributed by atoms with E-state index in [4.69, 9.17) is 9.47 Å². The zero-order valence-corrected chi connectivity index (χ0v) is 21.1. The summed E-state index contributed by atoms with van der Waals surface area (Å²) in [5, 5.41) is 14.4. The highest BCUT2D eigenvalue weighted by atomic mass is 19.4. The first-order valence-electron chi connectivity index (χ1n) is 12.1. The Hall–Kier alpha value is -3.39. The van der Waals surface area contributed by atoms with Gasteiger partial charge in [0.05, 0.1) is 30.7 Å². The Balaban J connectivity index is 1.97. The summed E-state index contributed by atoms with van der Waals surface area (Å²) in [6.45, 7) is 4.01. The predicted octanol–water partition coefficient (Wildman–Crippen LogP) is 4.18. The van der Waals surface area contributed by atoms with E-state index in [1.165, 1.54) is 24.3 Å². The van der Waals surface area contributed by atoms with Crippen molar-refractivity contribution in [2.24, 2.45) is 5.41 Å². The average Bonchev–Trinajstić information content (AvgIpc) is 3.34. The number of nitrogens with zero attached hydrogens (tertiary/aromatic N) is 4.